The Hall–Kier alpha value is -3.19. The van der Waals surface area contributed by atoms with Crippen molar-refractivity contribution in [3.8, 4) is 22.9 Å². The predicted molar refractivity (Wildman–Crippen MR) is 98.2 cm³/mol. The molecular weight excluding hydrogens is 336 g/mol. The molecule has 124 valence electrons. The molecule has 0 aliphatic rings. The lowest BCUT2D eigenvalue weighted by Crippen LogP contribution is -1.82. The molecule has 0 unspecified atom stereocenters. The van der Waals surface area contributed by atoms with E-state index in [4.69, 9.17) is 4.74 Å². The van der Waals surface area contributed by atoms with Crippen LogP contribution in [0, 0.1) is 0 Å². The Kier molecular flexibility index (Phi) is 3.91. The van der Waals surface area contributed by atoms with Crippen molar-refractivity contribution >= 4 is 33.1 Å². The van der Waals surface area contributed by atoms with E-state index < -0.39 is 0 Å². The minimum absolute atomic E-state index is 0.00289. The zero-order valence-electron chi connectivity index (χ0n) is 13.3. The highest BCUT2D eigenvalue weighted by atomic mass is 32.1. The molecule has 0 atom stereocenters. The lowest BCUT2D eigenvalue weighted by molar-refractivity contribution is 0.415. The van der Waals surface area contributed by atoms with Gasteiger partial charge < -0.3 is 14.8 Å². The molecule has 4 aromatic rings. The van der Waals surface area contributed by atoms with Crippen LogP contribution < -0.4 is 4.74 Å². The number of thiazole rings is 1. The van der Waals surface area contributed by atoms with Crippen molar-refractivity contribution in [2.24, 2.45) is 10.2 Å². The van der Waals surface area contributed by atoms with Crippen molar-refractivity contribution in [1.29, 1.82) is 0 Å². The highest BCUT2D eigenvalue weighted by Crippen LogP contribution is 2.37. The SMILES string of the molecule is COc1ccc(-c2csc(N=Nc3c(O)[nH]c4ccccc34)n2)cc1. The maximum atomic E-state index is 10.0. The smallest absolute Gasteiger partial charge is 0.230 e. The Morgan fingerprint density at radius 1 is 1.08 bits per heavy atom. The Morgan fingerprint density at radius 3 is 2.68 bits per heavy atom. The molecule has 2 aromatic carbocycles. The summed E-state index contributed by atoms with van der Waals surface area (Å²) < 4.78 is 5.16. The van der Waals surface area contributed by atoms with Gasteiger partial charge in [0.05, 0.1) is 18.3 Å². The summed E-state index contributed by atoms with van der Waals surface area (Å²) in [6, 6.07) is 15.2. The lowest BCUT2D eigenvalue weighted by Gasteiger charge is -2.00. The molecule has 0 amide bonds. The van der Waals surface area contributed by atoms with Crippen LogP contribution in [0.15, 0.2) is 64.1 Å². The number of aromatic amines is 1. The number of azo groups is 1. The van der Waals surface area contributed by atoms with Crippen LogP contribution in [-0.4, -0.2) is 22.2 Å². The molecule has 6 nitrogen and oxygen atoms in total. The highest BCUT2D eigenvalue weighted by molar-refractivity contribution is 7.13. The number of nitrogens with zero attached hydrogens (tertiary/aromatic N) is 3. The van der Waals surface area contributed by atoms with Crippen LogP contribution in [0.5, 0.6) is 11.6 Å². The number of nitrogens with one attached hydrogen (secondary N) is 1. The molecule has 0 saturated carbocycles. The fourth-order valence-corrected chi connectivity index (χ4v) is 3.16. The second kappa shape index (κ2) is 6.37. The number of ether oxygens (including phenoxy) is 1. The summed E-state index contributed by atoms with van der Waals surface area (Å²) in [6.45, 7) is 0. The quantitative estimate of drug-likeness (QED) is 0.482. The van der Waals surface area contributed by atoms with Crippen molar-refractivity contribution in [3.05, 3.63) is 53.9 Å². The monoisotopic (exact) mass is 350 g/mol. The van der Waals surface area contributed by atoms with Gasteiger partial charge in [-0.2, -0.15) is 0 Å². The zero-order chi connectivity index (χ0) is 17.2. The molecule has 0 aliphatic carbocycles. The van der Waals surface area contributed by atoms with E-state index in [1.807, 2.05) is 53.9 Å². The Labute approximate surface area is 147 Å². The maximum Gasteiger partial charge on any atom is 0.230 e. The first-order valence-electron chi connectivity index (χ1n) is 7.56. The third kappa shape index (κ3) is 2.97. The second-order valence-corrected chi connectivity index (χ2v) is 6.15. The molecule has 25 heavy (non-hydrogen) atoms. The van der Waals surface area contributed by atoms with Gasteiger partial charge in [0.1, 0.15) is 5.75 Å². The number of para-hydroxylation sites is 1. The van der Waals surface area contributed by atoms with Crippen LogP contribution in [0.1, 0.15) is 0 Å². The molecule has 0 aliphatic heterocycles. The van der Waals surface area contributed by atoms with Crippen LogP contribution in [0.2, 0.25) is 0 Å². The van der Waals surface area contributed by atoms with Crippen LogP contribution in [0.3, 0.4) is 0 Å². The number of methoxy groups -OCH3 is 1. The number of fused-ring (bicyclic) bond motifs is 1. The van der Waals surface area contributed by atoms with Gasteiger partial charge >= 0.3 is 0 Å². The largest absolute Gasteiger partial charge is 0.497 e. The Morgan fingerprint density at radius 2 is 1.88 bits per heavy atom. The summed E-state index contributed by atoms with van der Waals surface area (Å²) in [5.41, 5.74) is 3.03. The van der Waals surface area contributed by atoms with Crippen molar-refractivity contribution in [1.82, 2.24) is 9.97 Å². The van der Waals surface area contributed by atoms with Gasteiger partial charge in [-0.3, -0.25) is 0 Å². The van der Waals surface area contributed by atoms with Crippen molar-refractivity contribution in [3.63, 3.8) is 0 Å². The van der Waals surface area contributed by atoms with Gasteiger partial charge in [0.2, 0.25) is 11.0 Å². The molecule has 2 aromatic heterocycles. The average Bonchev–Trinajstić information content (AvgIpc) is 3.24. The molecule has 0 bridgehead atoms. The normalized spacial score (nSPS) is 11.4. The standard InChI is InChI=1S/C18H14N4O2S/c1-24-12-8-6-11(7-9-12)15-10-25-18(20-15)22-21-16-13-4-2-3-5-14(13)19-17(16)23/h2-10,19,23H,1H3. The number of benzene rings is 2. The predicted octanol–water partition coefficient (Wildman–Crippen LogP) is 5.42. The van der Waals surface area contributed by atoms with Gasteiger partial charge in [0, 0.05) is 16.3 Å². The number of H-pyrrole nitrogens is 1. The maximum absolute atomic E-state index is 10.0. The number of hydrogen-bond donors (Lipinski definition) is 2. The Balaban J connectivity index is 1.61. The zero-order valence-corrected chi connectivity index (χ0v) is 14.1. The highest BCUT2D eigenvalue weighted by Gasteiger charge is 2.10. The van der Waals surface area contributed by atoms with Gasteiger partial charge in [0.15, 0.2) is 5.69 Å². The summed E-state index contributed by atoms with van der Waals surface area (Å²) >= 11 is 1.39. The molecule has 4 rings (SSSR count). The first-order chi connectivity index (χ1) is 12.2. The molecule has 0 saturated heterocycles. The van der Waals surface area contributed by atoms with Crippen LogP contribution in [0.4, 0.5) is 10.8 Å². The van der Waals surface area contributed by atoms with E-state index in [0.717, 1.165) is 27.9 Å². The van der Waals surface area contributed by atoms with E-state index in [2.05, 4.69) is 20.2 Å². The van der Waals surface area contributed by atoms with E-state index in [9.17, 15) is 5.11 Å². The van der Waals surface area contributed by atoms with E-state index in [-0.39, 0.29) is 5.88 Å². The summed E-state index contributed by atoms with van der Waals surface area (Å²) in [5.74, 6) is 0.797. The van der Waals surface area contributed by atoms with Gasteiger partial charge in [-0.25, -0.2) is 4.98 Å². The average molecular weight is 350 g/mol. The number of hydrogen-bond acceptors (Lipinski definition) is 6. The first-order valence-corrected chi connectivity index (χ1v) is 8.44. The molecule has 2 heterocycles. The third-order valence-electron chi connectivity index (χ3n) is 3.77. The van der Waals surface area contributed by atoms with Gasteiger partial charge in [-0.1, -0.05) is 18.2 Å². The van der Waals surface area contributed by atoms with Crippen LogP contribution in [0.25, 0.3) is 22.2 Å². The summed E-state index contributed by atoms with van der Waals surface area (Å²) in [7, 11) is 1.64. The molecule has 0 fully saturated rings. The van der Waals surface area contributed by atoms with Crippen LogP contribution >= 0.6 is 11.3 Å². The van der Waals surface area contributed by atoms with Gasteiger partial charge in [-0.15, -0.1) is 21.6 Å². The number of aromatic nitrogens is 2. The second-order valence-electron chi connectivity index (χ2n) is 5.31. The third-order valence-corrected chi connectivity index (χ3v) is 4.50. The minimum atomic E-state index is -0.00289. The fraction of sp³-hybridized carbons (Fsp3) is 0.0556. The molecule has 0 spiro atoms. The van der Waals surface area contributed by atoms with Gasteiger partial charge in [-0.05, 0) is 30.3 Å². The van der Waals surface area contributed by atoms with Crippen molar-refractivity contribution in [2.75, 3.05) is 7.11 Å². The van der Waals surface area contributed by atoms with Gasteiger partial charge in [0.25, 0.3) is 0 Å². The molecule has 7 heteroatoms. The minimum Gasteiger partial charge on any atom is -0.497 e. The molecule has 0 radical (unpaired) electrons. The van der Waals surface area contributed by atoms with E-state index in [1.165, 1.54) is 11.3 Å². The number of aromatic hydroxyl groups is 1. The van der Waals surface area contributed by atoms with Crippen LogP contribution in [-0.2, 0) is 0 Å². The Bertz CT molecular complexity index is 1050. The van der Waals surface area contributed by atoms with Crippen molar-refractivity contribution < 1.29 is 9.84 Å². The van der Waals surface area contributed by atoms with E-state index in [0.29, 0.717) is 10.8 Å². The lowest BCUT2D eigenvalue weighted by atomic mass is 10.2. The fourth-order valence-electron chi connectivity index (χ4n) is 2.51. The summed E-state index contributed by atoms with van der Waals surface area (Å²) in [5, 5.41) is 21.6. The molecule has 2 N–H and O–H groups in total. The van der Waals surface area contributed by atoms with E-state index in [1.54, 1.807) is 7.11 Å². The molecular formula is C18H14N4O2S. The summed E-state index contributed by atoms with van der Waals surface area (Å²) in [4.78, 5) is 7.35. The van der Waals surface area contributed by atoms with Crippen molar-refractivity contribution in [2.45, 2.75) is 0 Å². The number of rotatable bonds is 4. The van der Waals surface area contributed by atoms with E-state index >= 15 is 0 Å². The summed E-state index contributed by atoms with van der Waals surface area (Å²) in [6.07, 6.45) is 0. The first kappa shape index (κ1) is 15.3. The topological polar surface area (TPSA) is 82.9 Å².